The molecule has 0 aromatic carbocycles. The van der Waals surface area contributed by atoms with E-state index in [1.807, 2.05) is 0 Å². The van der Waals surface area contributed by atoms with E-state index in [4.69, 9.17) is 28.7 Å². The zero-order valence-electron chi connectivity index (χ0n) is 20.1. The summed E-state index contributed by atoms with van der Waals surface area (Å²) < 4.78 is 9.21. The van der Waals surface area contributed by atoms with Gasteiger partial charge in [0.05, 0.1) is 0 Å². The van der Waals surface area contributed by atoms with Crippen molar-refractivity contribution < 1.29 is 90.6 Å². The van der Waals surface area contributed by atoms with Crippen LogP contribution in [-0.2, 0) is 28.7 Å². The first-order chi connectivity index (χ1) is 13.2. The van der Waals surface area contributed by atoms with E-state index in [1.54, 1.807) is 0 Å². The van der Waals surface area contributed by atoms with Crippen LogP contribution in [0, 0.1) is 0 Å². The Morgan fingerprint density at radius 3 is 1.40 bits per heavy atom. The number of nitrogens with two attached hydrogens (primary N) is 5. The van der Waals surface area contributed by atoms with Crippen LogP contribution in [0.5, 0.6) is 0 Å². The molecule has 0 aromatic rings. The fraction of sp³-hybridized carbons (Fsp3) is 0.765. The molecule has 0 fully saturated rings. The molecule has 11 nitrogen and oxygen atoms in total. The molecule has 166 valence electrons. The monoisotopic (exact) mass is 451 g/mol. The molecule has 0 amide bonds. The molecule has 0 unspecified atom stereocenters. The summed E-state index contributed by atoms with van der Waals surface area (Å²) in [6.45, 7) is 0.957. The zero-order valence-corrected chi connectivity index (χ0v) is 22.1. The van der Waals surface area contributed by atoms with Crippen LogP contribution in [0.2, 0.25) is 0 Å². The van der Waals surface area contributed by atoms with Gasteiger partial charge in [0, 0.05) is 6.42 Å². The molecule has 10 N–H and O–H groups in total. The summed E-state index contributed by atoms with van der Waals surface area (Å²) in [5, 5.41) is 0. The van der Waals surface area contributed by atoms with E-state index in [-0.39, 0.29) is 74.8 Å². The van der Waals surface area contributed by atoms with Crippen molar-refractivity contribution in [2.75, 3.05) is 13.1 Å². The summed E-state index contributed by atoms with van der Waals surface area (Å²) in [7, 11) is 0. The molecule has 0 radical (unpaired) electrons. The Labute approximate surface area is 224 Å². The third-order valence-corrected chi connectivity index (χ3v) is 3.92. The molecule has 0 aromatic heterocycles. The first kappa shape index (κ1) is 34.7. The van der Waals surface area contributed by atoms with Crippen molar-refractivity contribution in [3.05, 3.63) is 0 Å². The van der Waals surface area contributed by atoms with Gasteiger partial charge in [0.2, 0.25) is 0 Å². The standard InChI is InChI=1S/C17H33N5O6.2Na.2H/c18-9-3-1-5-11(20)15(24)27-14(23)8-7-13(22)17(26)28-16(25)12(21)6-2-4-10-19;;;;/h11-13H,1-10,18-22H2;;;;/q;2*+1;2*-1/t11-,12-,13-;;;;/m0..../s1. The van der Waals surface area contributed by atoms with E-state index < -0.39 is 42.0 Å². The van der Waals surface area contributed by atoms with Crippen LogP contribution < -0.4 is 87.8 Å². The molecule has 0 aliphatic rings. The molecule has 0 saturated carbocycles. The van der Waals surface area contributed by atoms with Crippen LogP contribution in [0.25, 0.3) is 0 Å². The van der Waals surface area contributed by atoms with Crippen LogP contribution in [0.1, 0.15) is 54.2 Å². The van der Waals surface area contributed by atoms with Crippen molar-refractivity contribution in [2.24, 2.45) is 28.7 Å². The number of esters is 4. The van der Waals surface area contributed by atoms with Crippen LogP contribution in [-0.4, -0.2) is 55.1 Å². The van der Waals surface area contributed by atoms with Crippen molar-refractivity contribution in [1.29, 1.82) is 0 Å². The predicted octanol–water partition coefficient (Wildman–Crippen LogP) is -7.62. The Morgan fingerprint density at radius 2 is 1.00 bits per heavy atom. The molecule has 0 rings (SSSR count). The Bertz CT molecular complexity index is 538. The molecular weight excluding hydrogens is 416 g/mol. The third kappa shape index (κ3) is 16.7. The van der Waals surface area contributed by atoms with E-state index in [1.165, 1.54) is 0 Å². The second-order valence-corrected chi connectivity index (χ2v) is 6.46. The minimum Gasteiger partial charge on any atom is -1.00 e. The van der Waals surface area contributed by atoms with Gasteiger partial charge in [-0.2, -0.15) is 0 Å². The van der Waals surface area contributed by atoms with Gasteiger partial charge in [0.25, 0.3) is 0 Å². The molecule has 0 saturated heterocycles. The molecule has 0 aliphatic heterocycles. The molecule has 30 heavy (non-hydrogen) atoms. The van der Waals surface area contributed by atoms with Gasteiger partial charge >= 0.3 is 83.0 Å². The molecule has 0 heterocycles. The third-order valence-electron chi connectivity index (χ3n) is 3.92. The van der Waals surface area contributed by atoms with Gasteiger partial charge in [-0.05, 0) is 45.2 Å². The van der Waals surface area contributed by atoms with Crippen molar-refractivity contribution in [3.8, 4) is 0 Å². The fourth-order valence-electron chi connectivity index (χ4n) is 2.13. The van der Waals surface area contributed by atoms with Gasteiger partial charge in [-0.3, -0.25) is 4.79 Å². The number of carbonyl (C=O) groups is 4. The number of carbonyl (C=O) groups excluding carboxylic acids is 4. The van der Waals surface area contributed by atoms with Crippen molar-refractivity contribution in [1.82, 2.24) is 0 Å². The van der Waals surface area contributed by atoms with Crippen LogP contribution in [0.3, 0.4) is 0 Å². The number of rotatable bonds is 14. The fourth-order valence-corrected chi connectivity index (χ4v) is 2.13. The van der Waals surface area contributed by atoms with Gasteiger partial charge in [0.1, 0.15) is 18.1 Å². The summed E-state index contributed by atoms with van der Waals surface area (Å²) in [6, 6.07) is -3.11. The zero-order chi connectivity index (χ0) is 21.5. The summed E-state index contributed by atoms with van der Waals surface area (Å²) in [6.07, 6.45) is 2.88. The number of ether oxygens (including phenoxy) is 2. The average molecular weight is 451 g/mol. The van der Waals surface area contributed by atoms with Gasteiger partial charge in [-0.15, -0.1) is 0 Å². The smallest absolute Gasteiger partial charge is 1.00 e. The average Bonchev–Trinajstić information content (AvgIpc) is 2.65. The number of unbranched alkanes of at least 4 members (excludes halogenated alkanes) is 2. The maximum absolute atomic E-state index is 11.8. The molecular formula is C17H35N5Na2O6. The Kier molecular flexibility index (Phi) is 24.2. The quantitative estimate of drug-likeness (QED) is 0.0723. The maximum atomic E-state index is 11.8. The molecule has 3 atom stereocenters. The first-order valence-corrected chi connectivity index (χ1v) is 9.39. The van der Waals surface area contributed by atoms with Gasteiger partial charge in [-0.25, -0.2) is 14.4 Å². The second kappa shape index (κ2) is 21.0. The van der Waals surface area contributed by atoms with Crippen LogP contribution >= 0.6 is 0 Å². The van der Waals surface area contributed by atoms with E-state index >= 15 is 0 Å². The van der Waals surface area contributed by atoms with E-state index in [0.29, 0.717) is 51.6 Å². The molecule has 0 spiro atoms. The van der Waals surface area contributed by atoms with E-state index in [2.05, 4.69) is 9.47 Å². The normalized spacial score (nSPS) is 13.1. The van der Waals surface area contributed by atoms with Gasteiger partial charge in [0.15, 0.2) is 0 Å². The number of hydrogen-bond acceptors (Lipinski definition) is 11. The maximum Gasteiger partial charge on any atom is 1.00 e. The second-order valence-electron chi connectivity index (χ2n) is 6.46. The van der Waals surface area contributed by atoms with Crippen molar-refractivity contribution >= 4 is 23.9 Å². The van der Waals surface area contributed by atoms with E-state index in [0.717, 1.165) is 0 Å². The Morgan fingerprint density at radius 1 is 0.633 bits per heavy atom. The van der Waals surface area contributed by atoms with Crippen molar-refractivity contribution in [2.45, 2.75) is 69.5 Å². The summed E-state index contributed by atoms with van der Waals surface area (Å²) in [4.78, 5) is 46.8. The topological polar surface area (TPSA) is 217 Å². The Hall–Kier alpha value is 0.0800. The minimum absolute atomic E-state index is 0. The molecule has 0 bridgehead atoms. The van der Waals surface area contributed by atoms with Crippen LogP contribution in [0.4, 0.5) is 0 Å². The summed E-state index contributed by atoms with van der Waals surface area (Å²) >= 11 is 0. The van der Waals surface area contributed by atoms with E-state index in [9.17, 15) is 19.2 Å². The SMILES string of the molecule is NCCCC[C@H](N)C(=O)OC(=O)CC[C@H](N)C(=O)OC(=O)[C@@H](N)CCCCN.[H-].[H-].[Na+].[Na+]. The molecule has 0 aliphatic carbocycles. The largest absolute Gasteiger partial charge is 1.00 e. The minimum atomic E-state index is -1.24. The molecule has 13 heteroatoms. The Balaban J connectivity index is -0.000000607. The van der Waals surface area contributed by atoms with Crippen LogP contribution in [0.15, 0.2) is 0 Å². The summed E-state index contributed by atoms with van der Waals surface area (Å²) in [5.74, 6) is -3.61. The summed E-state index contributed by atoms with van der Waals surface area (Å²) in [5.41, 5.74) is 27.5. The van der Waals surface area contributed by atoms with Crippen molar-refractivity contribution in [3.63, 3.8) is 0 Å². The first-order valence-electron chi connectivity index (χ1n) is 9.39. The van der Waals surface area contributed by atoms with Gasteiger partial charge in [-0.1, -0.05) is 12.8 Å². The van der Waals surface area contributed by atoms with Gasteiger partial charge < -0.3 is 41.0 Å². The predicted molar refractivity (Wildman–Crippen MR) is 103 cm³/mol. The number of hydrogen-bond donors (Lipinski definition) is 5.